The van der Waals surface area contributed by atoms with Gasteiger partial charge in [0.25, 0.3) is 0 Å². The van der Waals surface area contributed by atoms with Crippen LogP contribution in [0.1, 0.15) is 22.3 Å². The molecule has 1 unspecified atom stereocenters. The molecule has 3 heteroatoms. The molecule has 0 saturated heterocycles. The van der Waals surface area contributed by atoms with Gasteiger partial charge in [-0.1, -0.05) is 121 Å². The third kappa shape index (κ3) is 3.21. The standard InChI is InChI=1S/C43H28N2O/c1-3-15-29(16-4-1)44(30-17-5-2-6-18-30)39-27-14-24-36-42(39)46-40-28-12-9-22-34(40)43(36)33-21-8-11-26-38(33)45-37-25-10-7-19-31(37)32-20-13-23-35(43)41(32)45/h1-28H. The highest BCUT2D eigenvalue weighted by Gasteiger charge is 2.51. The van der Waals surface area contributed by atoms with Gasteiger partial charge >= 0.3 is 0 Å². The first-order valence-electron chi connectivity index (χ1n) is 15.8. The average Bonchev–Trinajstić information content (AvgIpc) is 3.47. The van der Waals surface area contributed by atoms with Crippen molar-refractivity contribution < 1.29 is 4.74 Å². The first-order valence-corrected chi connectivity index (χ1v) is 15.8. The van der Waals surface area contributed by atoms with Gasteiger partial charge in [-0.2, -0.15) is 0 Å². The maximum Gasteiger partial charge on any atom is 0.156 e. The number of benzene rings is 7. The fraction of sp³-hybridized carbons (Fsp3) is 0.0233. The molecule has 0 N–H and O–H groups in total. The first kappa shape index (κ1) is 25.3. The fourth-order valence-electron chi connectivity index (χ4n) is 8.09. The molecule has 0 fully saturated rings. The van der Waals surface area contributed by atoms with Crippen molar-refractivity contribution in [1.82, 2.24) is 4.57 Å². The Hall–Kier alpha value is -6.06. The van der Waals surface area contributed by atoms with Crippen molar-refractivity contribution in [3.63, 3.8) is 0 Å². The smallest absolute Gasteiger partial charge is 0.156 e. The molecule has 46 heavy (non-hydrogen) atoms. The molecule has 2 aliphatic heterocycles. The van der Waals surface area contributed by atoms with Gasteiger partial charge in [-0.15, -0.1) is 0 Å². The van der Waals surface area contributed by atoms with Crippen LogP contribution in [0.2, 0.25) is 0 Å². The van der Waals surface area contributed by atoms with E-state index >= 15 is 0 Å². The highest BCUT2D eigenvalue weighted by molar-refractivity contribution is 6.12. The minimum absolute atomic E-state index is 0.611. The molecule has 10 rings (SSSR count). The molecule has 3 heterocycles. The summed E-state index contributed by atoms with van der Waals surface area (Å²) in [5, 5.41) is 2.53. The number of fused-ring (bicyclic) bond motifs is 11. The Kier molecular flexibility index (Phi) is 5.20. The summed E-state index contributed by atoms with van der Waals surface area (Å²) in [6.07, 6.45) is 0. The molecule has 2 aliphatic rings. The molecule has 216 valence electrons. The first-order chi connectivity index (χ1) is 22.9. The predicted octanol–water partition coefficient (Wildman–Crippen LogP) is 11.1. The van der Waals surface area contributed by atoms with E-state index in [4.69, 9.17) is 4.74 Å². The van der Waals surface area contributed by atoms with E-state index < -0.39 is 5.41 Å². The normalized spacial score (nSPS) is 15.7. The largest absolute Gasteiger partial charge is 0.454 e. The number of hydrogen-bond acceptors (Lipinski definition) is 2. The molecule has 0 radical (unpaired) electrons. The van der Waals surface area contributed by atoms with Crippen molar-refractivity contribution in [2.75, 3.05) is 4.90 Å². The topological polar surface area (TPSA) is 17.4 Å². The van der Waals surface area contributed by atoms with Crippen LogP contribution in [0.5, 0.6) is 11.5 Å². The second kappa shape index (κ2) is 9.47. The van der Waals surface area contributed by atoms with Gasteiger partial charge in [-0.05, 0) is 59.7 Å². The molecule has 0 amide bonds. The van der Waals surface area contributed by atoms with Crippen LogP contribution in [0.25, 0.3) is 27.5 Å². The van der Waals surface area contributed by atoms with Crippen molar-refractivity contribution in [3.8, 4) is 17.2 Å². The predicted molar refractivity (Wildman–Crippen MR) is 187 cm³/mol. The summed E-state index contributed by atoms with van der Waals surface area (Å²) in [6, 6.07) is 61.0. The molecule has 7 aromatic carbocycles. The van der Waals surface area contributed by atoms with Crippen molar-refractivity contribution >= 4 is 38.9 Å². The van der Waals surface area contributed by atoms with Gasteiger partial charge in [0.1, 0.15) is 5.75 Å². The minimum Gasteiger partial charge on any atom is -0.454 e. The SMILES string of the molecule is c1ccc(N(c2ccccc2)c2cccc3c2Oc2ccccc2C32c3ccccc3-n3c4ccccc4c4cccc2c43)cc1. The van der Waals surface area contributed by atoms with Crippen LogP contribution >= 0.6 is 0 Å². The van der Waals surface area contributed by atoms with Crippen LogP contribution in [0.15, 0.2) is 170 Å². The van der Waals surface area contributed by atoms with E-state index in [-0.39, 0.29) is 0 Å². The van der Waals surface area contributed by atoms with Gasteiger partial charge in [0, 0.05) is 33.3 Å². The number of hydrogen-bond donors (Lipinski definition) is 0. The van der Waals surface area contributed by atoms with Crippen LogP contribution < -0.4 is 9.64 Å². The van der Waals surface area contributed by atoms with Crippen molar-refractivity contribution in [2.24, 2.45) is 0 Å². The molecule has 8 aromatic rings. The molecule has 3 nitrogen and oxygen atoms in total. The number of ether oxygens (including phenoxy) is 1. The Labute approximate surface area is 267 Å². The monoisotopic (exact) mass is 588 g/mol. The molecule has 1 spiro atoms. The molecular formula is C43H28N2O. The summed E-state index contributed by atoms with van der Waals surface area (Å²) in [6.45, 7) is 0. The summed E-state index contributed by atoms with van der Waals surface area (Å²) < 4.78 is 9.54. The summed E-state index contributed by atoms with van der Waals surface area (Å²) in [5.41, 5.74) is 11.0. The zero-order valence-corrected chi connectivity index (χ0v) is 25.0. The van der Waals surface area contributed by atoms with Gasteiger partial charge in [-0.3, -0.25) is 0 Å². The van der Waals surface area contributed by atoms with E-state index in [0.29, 0.717) is 0 Å². The Balaban J connectivity index is 1.38. The van der Waals surface area contributed by atoms with Gasteiger partial charge in [0.05, 0.1) is 27.8 Å². The Morgan fingerprint density at radius 1 is 0.457 bits per heavy atom. The van der Waals surface area contributed by atoms with E-state index in [1.54, 1.807) is 0 Å². The molecule has 1 aromatic heterocycles. The quantitative estimate of drug-likeness (QED) is 0.204. The zero-order valence-electron chi connectivity index (χ0n) is 25.0. The van der Waals surface area contributed by atoms with Crippen LogP contribution in [0, 0.1) is 0 Å². The van der Waals surface area contributed by atoms with Gasteiger partial charge in [0.15, 0.2) is 5.75 Å². The van der Waals surface area contributed by atoms with E-state index in [9.17, 15) is 0 Å². The third-order valence-electron chi connectivity index (χ3n) is 9.82. The highest BCUT2D eigenvalue weighted by Crippen LogP contribution is 2.62. The molecular weight excluding hydrogens is 560 g/mol. The second-order valence-corrected chi connectivity index (χ2v) is 12.1. The average molecular weight is 589 g/mol. The van der Waals surface area contributed by atoms with Crippen molar-refractivity contribution in [2.45, 2.75) is 5.41 Å². The van der Waals surface area contributed by atoms with Gasteiger partial charge in [-0.25, -0.2) is 0 Å². The third-order valence-corrected chi connectivity index (χ3v) is 9.82. The van der Waals surface area contributed by atoms with Crippen LogP contribution in [0.3, 0.4) is 0 Å². The number of anilines is 3. The fourth-order valence-corrected chi connectivity index (χ4v) is 8.09. The Morgan fingerprint density at radius 3 is 1.85 bits per heavy atom. The lowest BCUT2D eigenvalue weighted by Gasteiger charge is -2.45. The summed E-state index contributed by atoms with van der Waals surface area (Å²) in [5.74, 6) is 1.74. The van der Waals surface area contributed by atoms with E-state index in [1.807, 2.05) is 0 Å². The van der Waals surface area contributed by atoms with E-state index in [0.717, 1.165) is 39.7 Å². The number of aromatic nitrogens is 1. The molecule has 0 bridgehead atoms. The van der Waals surface area contributed by atoms with E-state index in [1.165, 1.54) is 38.6 Å². The minimum atomic E-state index is -0.611. The molecule has 0 saturated carbocycles. The van der Waals surface area contributed by atoms with Crippen molar-refractivity contribution in [3.05, 3.63) is 192 Å². The lowest BCUT2D eigenvalue weighted by molar-refractivity contribution is 0.435. The molecule has 0 aliphatic carbocycles. The number of para-hydroxylation sites is 7. The summed E-state index contributed by atoms with van der Waals surface area (Å²) in [7, 11) is 0. The van der Waals surface area contributed by atoms with Crippen LogP contribution in [-0.2, 0) is 5.41 Å². The molecule has 1 atom stereocenters. The number of rotatable bonds is 3. The number of nitrogens with zero attached hydrogens (tertiary/aromatic N) is 2. The van der Waals surface area contributed by atoms with Crippen LogP contribution in [-0.4, -0.2) is 4.57 Å². The maximum absolute atomic E-state index is 7.07. The van der Waals surface area contributed by atoms with Crippen LogP contribution in [0.4, 0.5) is 17.1 Å². The van der Waals surface area contributed by atoms with Crippen molar-refractivity contribution in [1.29, 1.82) is 0 Å². The maximum atomic E-state index is 7.07. The lowest BCUT2D eigenvalue weighted by Crippen LogP contribution is -2.38. The Bertz CT molecular complexity index is 2420. The second-order valence-electron chi connectivity index (χ2n) is 12.1. The zero-order chi connectivity index (χ0) is 30.2. The highest BCUT2D eigenvalue weighted by atomic mass is 16.5. The Morgan fingerprint density at radius 2 is 1.04 bits per heavy atom. The summed E-state index contributed by atoms with van der Waals surface area (Å²) >= 11 is 0. The van der Waals surface area contributed by atoms with E-state index in [2.05, 4.69) is 179 Å². The lowest BCUT2D eigenvalue weighted by atomic mass is 9.61. The van der Waals surface area contributed by atoms with Gasteiger partial charge < -0.3 is 14.2 Å². The summed E-state index contributed by atoms with van der Waals surface area (Å²) in [4.78, 5) is 2.31. The van der Waals surface area contributed by atoms with Gasteiger partial charge in [0.2, 0.25) is 0 Å².